The van der Waals surface area contributed by atoms with Gasteiger partial charge in [-0.05, 0) is 36.0 Å². The molecule has 0 unspecified atom stereocenters. The predicted molar refractivity (Wildman–Crippen MR) is 93.3 cm³/mol. The van der Waals surface area contributed by atoms with Crippen molar-refractivity contribution in [3.8, 4) is 0 Å². The van der Waals surface area contributed by atoms with Gasteiger partial charge in [0.2, 0.25) is 0 Å². The summed E-state index contributed by atoms with van der Waals surface area (Å²) in [6, 6.07) is 10.9. The number of amides is 1. The number of carbonyl (C=O) groups is 1. The van der Waals surface area contributed by atoms with Crippen molar-refractivity contribution in [1.29, 1.82) is 0 Å². The van der Waals surface area contributed by atoms with E-state index >= 15 is 0 Å². The number of halogens is 2. The van der Waals surface area contributed by atoms with Crippen LogP contribution in [0.1, 0.15) is 10.4 Å². The minimum Gasteiger partial charge on any atom is -0.367 e. The first-order valence-electron chi connectivity index (χ1n) is 7.31. The third-order valence-corrected chi connectivity index (χ3v) is 4.25. The molecule has 0 aliphatic carbocycles. The second-order valence-electron chi connectivity index (χ2n) is 5.24. The number of benzene rings is 1. The highest BCUT2D eigenvalue weighted by molar-refractivity contribution is 6.29. The van der Waals surface area contributed by atoms with Crippen LogP contribution in [0.2, 0.25) is 5.15 Å². The van der Waals surface area contributed by atoms with Crippen LogP contribution in [0.5, 0.6) is 0 Å². The molecule has 0 atom stereocenters. The number of carbonyl (C=O) groups excluding carboxylic acids is 1. The largest absolute Gasteiger partial charge is 0.367 e. The fourth-order valence-electron chi connectivity index (χ4n) is 2.52. The number of rotatable bonds is 3. The summed E-state index contributed by atoms with van der Waals surface area (Å²) in [5, 5.41) is 3.24. The van der Waals surface area contributed by atoms with Crippen molar-refractivity contribution in [2.24, 2.45) is 0 Å². The summed E-state index contributed by atoms with van der Waals surface area (Å²) in [6.07, 6.45) is 1.52. The van der Waals surface area contributed by atoms with Gasteiger partial charge < -0.3 is 10.2 Å². The van der Waals surface area contributed by atoms with Gasteiger partial charge in [-0.1, -0.05) is 23.7 Å². The highest BCUT2D eigenvalue weighted by atomic mass is 35.5. The number of nitrogens with one attached hydrogen (secondary N) is 1. The summed E-state index contributed by atoms with van der Waals surface area (Å²) in [6.45, 7) is 3.20. The summed E-state index contributed by atoms with van der Waals surface area (Å²) in [4.78, 5) is 18.5. The van der Waals surface area contributed by atoms with Gasteiger partial charge in [0.05, 0.1) is 11.4 Å². The van der Waals surface area contributed by atoms with Crippen LogP contribution in [0, 0.1) is 0 Å². The van der Waals surface area contributed by atoms with Crippen LogP contribution in [-0.2, 0) is 0 Å². The molecule has 5 nitrogen and oxygen atoms in total. The fraction of sp³-hybridized carbons (Fsp3) is 0.250. The Kier molecular flexibility index (Phi) is 5.00. The minimum absolute atomic E-state index is 0.210. The summed E-state index contributed by atoms with van der Waals surface area (Å²) in [7, 11) is 0. The highest BCUT2D eigenvalue weighted by Crippen LogP contribution is 2.27. The second kappa shape index (κ2) is 7.17. The molecule has 3 rings (SSSR count). The van der Waals surface area contributed by atoms with Crippen molar-refractivity contribution in [2.75, 3.05) is 36.4 Å². The third kappa shape index (κ3) is 3.93. The van der Waals surface area contributed by atoms with Gasteiger partial charge in [0, 0.05) is 37.9 Å². The zero-order valence-corrected chi connectivity index (χ0v) is 13.9. The molecule has 120 valence electrons. The molecule has 7 heteroatoms. The maximum Gasteiger partial charge on any atom is 0.255 e. The number of para-hydroxylation sites is 2. The van der Waals surface area contributed by atoms with E-state index in [1.165, 1.54) is 6.20 Å². The number of piperazine rings is 1. The van der Waals surface area contributed by atoms with E-state index in [0.29, 0.717) is 10.7 Å². The van der Waals surface area contributed by atoms with Crippen LogP contribution in [0.15, 0.2) is 42.6 Å². The van der Waals surface area contributed by atoms with Gasteiger partial charge in [-0.3, -0.25) is 4.79 Å². The second-order valence-corrected chi connectivity index (χ2v) is 6.10. The number of anilines is 2. The van der Waals surface area contributed by atoms with E-state index in [-0.39, 0.29) is 5.91 Å². The molecule has 0 saturated carbocycles. The van der Waals surface area contributed by atoms with Crippen LogP contribution in [0.4, 0.5) is 11.4 Å². The SMILES string of the molecule is O=C(Nc1ccccc1N1CCN(Cl)CC1)c1ccnc(Cl)c1. The van der Waals surface area contributed by atoms with Gasteiger partial charge in [-0.2, -0.15) is 0 Å². The highest BCUT2D eigenvalue weighted by Gasteiger charge is 2.19. The first-order valence-corrected chi connectivity index (χ1v) is 8.03. The molecule has 2 aromatic rings. The van der Waals surface area contributed by atoms with Crippen LogP contribution in [-0.4, -0.2) is 41.5 Å². The molecule has 1 N–H and O–H groups in total. The predicted octanol–water partition coefficient (Wildman–Crippen LogP) is 3.26. The monoisotopic (exact) mass is 350 g/mol. The average molecular weight is 351 g/mol. The number of nitrogens with zero attached hydrogens (tertiary/aromatic N) is 3. The van der Waals surface area contributed by atoms with E-state index in [1.54, 1.807) is 16.6 Å². The number of hydrogen-bond donors (Lipinski definition) is 1. The van der Waals surface area contributed by atoms with Crippen LogP contribution in [0.25, 0.3) is 0 Å². The summed E-state index contributed by atoms with van der Waals surface area (Å²) in [5.74, 6) is -0.210. The van der Waals surface area contributed by atoms with Crippen molar-refractivity contribution in [2.45, 2.75) is 0 Å². The lowest BCUT2D eigenvalue weighted by Gasteiger charge is -2.33. The molecule has 0 radical (unpaired) electrons. The summed E-state index contributed by atoms with van der Waals surface area (Å²) < 4.78 is 1.77. The normalized spacial score (nSPS) is 15.5. The Morgan fingerprint density at radius 1 is 1.13 bits per heavy atom. The van der Waals surface area contributed by atoms with Crippen LogP contribution >= 0.6 is 23.4 Å². The van der Waals surface area contributed by atoms with Gasteiger partial charge >= 0.3 is 0 Å². The van der Waals surface area contributed by atoms with Crippen molar-refractivity contribution in [3.63, 3.8) is 0 Å². The molecule has 1 saturated heterocycles. The molecule has 23 heavy (non-hydrogen) atoms. The first-order chi connectivity index (χ1) is 11.1. The molecule has 1 fully saturated rings. The average Bonchev–Trinajstić information content (AvgIpc) is 2.56. The van der Waals surface area contributed by atoms with E-state index in [4.69, 9.17) is 23.4 Å². The Labute approximate surface area is 144 Å². The van der Waals surface area contributed by atoms with Crippen LogP contribution in [0.3, 0.4) is 0 Å². The molecule has 2 heterocycles. The molecule has 1 aliphatic heterocycles. The lowest BCUT2D eigenvalue weighted by Crippen LogP contribution is -2.42. The van der Waals surface area contributed by atoms with E-state index in [9.17, 15) is 4.79 Å². The lowest BCUT2D eigenvalue weighted by molar-refractivity contribution is 0.102. The van der Waals surface area contributed by atoms with E-state index in [0.717, 1.165) is 37.6 Å². The fourth-order valence-corrected chi connectivity index (χ4v) is 2.84. The van der Waals surface area contributed by atoms with Gasteiger partial charge in [0.25, 0.3) is 5.91 Å². The molecule has 0 spiro atoms. The van der Waals surface area contributed by atoms with E-state index in [1.807, 2.05) is 24.3 Å². The molecular formula is C16H16Cl2N4O. The van der Waals surface area contributed by atoms with Gasteiger partial charge in [-0.15, -0.1) is 0 Å². The third-order valence-electron chi connectivity index (χ3n) is 3.71. The maximum absolute atomic E-state index is 12.4. The Morgan fingerprint density at radius 3 is 2.61 bits per heavy atom. The van der Waals surface area contributed by atoms with Gasteiger partial charge in [-0.25, -0.2) is 9.40 Å². The molecule has 1 aliphatic rings. The Hall–Kier alpha value is -1.82. The molecule has 1 aromatic carbocycles. The Bertz CT molecular complexity index is 702. The van der Waals surface area contributed by atoms with E-state index in [2.05, 4.69) is 15.2 Å². The smallest absolute Gasteiger partial charge is 0.255 e. The van der Waals surface area contributed by atoms with Gasteiger partial charge in [0.15, 0.2) is 0 Å². The minimum atomic E-state index is -0.210. The topological polar surface area (TPSA) is 48.5 Å². The lowest BCUT2D eigenvalue weighted by atomic mass is 10.2. The zero-order valence-electron chi connectivity index (χ0n) is 12.4. The number of hydrogen-bond acceptors (Lipinski definition) is 4. The van der Waals surface area contributed by atoms with Crippen LogP contribution < -0.4 is 10.2 Å². The number of pyridine rings is 1. The Balaban J connectivity index is 1.79. The molecule has 1 aromatic heterocycles. The van der Waals surface area contributed by atoms with Crippen molar-refractivity contribution >= 4 is 40.7 Å². The first kappa shape index (κ1) is 16.1. The Morgan fingerprint density at radius 2 is 1.87 bits per heavy atom. The standard InChI is InChI=1S/C16H16Cl2N4O/c17-15-11-12(5-6-19-15)16(23)20-13-3-1-2-4-14(13)21-7-9-22(18)10-8-21/h1-6,11H,7-10H2,(H,20,23). The molecule has 0 bridgehead atoms. The zero-order chi connectivity index (χ0) is 16.2. The van der Waals surface area contributed by atoms with Crippen molar-refractivity contribution in [1.82, 2.24) is 9.40 Å². The van der Waals surface area contributed by atoms with Crippen molar-refractivity contribution < 1.29 is 4.79 Å². The molecular weight excluding hydrogens is 335 g/mol. The maximum atomic E-state index is 12.4. The van der Waals surface area contributed by atoms with Gasteiger partial charge in [0.1, 0.15) is 5.15 Å². The molecule has 1 amide bonds. The summed E-state index contributed by atoms with van der Waals surface area (Å²) >= 11 is 11.8. The van der Waals surface area contributed by atoms with E-state index < -0.39 is 0 Å². The number of aromatic nitrogens is 1. The van der Waals surface area contributed by atoms with Crippen molar-refractivity contribution in [3.05, 3.63) is 53.3 Å². The summed E-state index contributed by atoms with van der Waals surface area (Å²) in [5.41, 5.74) is 2.24. The quantitative estimate of drug-likeness (QED) is 0.681.